The molecule has 21 heavy (non-hydrogen) atoms. The molecule has 0 fully saturated rings. The fourth-order valence-corrected chi connectivity index (χ4v) is 3.20. The van der Waals surface area contributed by atoms with E-state index in [2.05, 4.69) is 44.8 Å². The summed E-state index contributed by atoms with van der Waals surface area (Å²) in [5, 5.41) is 3.68. The quantitative estimate of drug-likeness (QED) is 0.727. The van der Waals surface area contributed by atoms with E-state index in [1.54, 1.807) is 12.1 Å². The summed E-state index contributed by atoms with van der Waals surface area (Å²) in [5.41, 5.74) is 1.19. The van der Waals surface area contributed by atoms with Gasteiger partial charge in [0.05, 0.1) is 6.04 Å². The molecule has 0 aliphatic carbocycles. The zero-order chi connectivity index (χ0) is 15.9. The molecule has 3 heteroatoms. The molecule has 1 N–H and O–H groups in total. The van der Waals surface area contributed by atoms with E-state index in [9.17, 15) is 4.39 Å². The van der Waals surface area contributed by atoms with Crippen LogP contribution in [0, 0.1) is 5.82 Å². The van der Waals surface area contributed by atoms with Crippen LogP contribution in [-0.2, 0) is 0 Å². The molecule has 1 aromatic carbocycles. The Bertz CT molecular complexity index is 400. The van der Waals surface area contributed by atoms with Gasteiger partial charge in [-0.25, -0.2) is 4.39 Å². The Labute approximate surface area is 129 Å². The molecule has 0 aliphatic heterocycles. The van der Waals surface area contributed by atoms with Crippen LogP contribution in [0.25, 0.3) is 0 Å². The maximum atomic E-state index is 13.2. The first-order valence-corrected chi connectivity index (χ1v) is 8.27. The van der Waals surface area contributed by atoms with Gasteiger partial charge in [0.2, 0.25) is 0 Å². The smallest absolute Gasteiger partial charge is 0.123 e. The Hall–Kier alpha value is -0.930. The van der Waals surface area contributed by atoms with Gasteiger partial charge in [-0.3, -0.25) is 4.90 Å². The van der Waals surface area contributed by atoms with E-state index < -0.39 is 0 Å². The van der Waals surface area contributed by atoms with Crippen LogP contribution in [0.15, 0.2) is 24.3 Å². The summed E-state index contributed by atoms with van der Waals surface area (Å²) in [6.45, 7) is 14.2. The first-order chi connectivity index (χ1) is 10.0. The zero-order valence-corrected chi connectivity index (χ0v) is 14.2. The van der Waals surface area contributed by atoms with Gasteiger partial charge < -0.3 is 5.32 Å². The van der Waals surface area contributed by atoms with Crippen molar-refractivity contribution in [1.82, 2.24) is 10.2 Å². The van der Waals surface area contributed by atoms with Gasteiger partial charge in [0.25, 0.3) is 0 Å². The molecule has 2 atom stereocenters. The van der Waals surface area contributed by atoms with Gasteiger partial charge in [-0.05, 0) is 57.1 Å². The molecule has 120 valence electrons. The molecule has 0 amide bonds. The maximum Gasteiger partial charge on any atom is 0.123 e. The monoisotopic (exact) mass is 294 g/mol. The Morgan fingerprint density at radius 1 is 1.10 bits per heavy atom. The van der Waals surface area contributed by atoms with E-state index in [4.69, 9.17) is 0 Å². The van der Waals surface area contributed by atoms with Crippen molar-refractivity contribution < 1.29 is 4.39 Å². The Morgan fingerprint density at radius 3 is 2.10 bits per heavy atom. The number of benzene rings is 1. The number of likely N-dealkylation sites (N-methyl/N-ethyl adjacent to an activating group) is 1. The van der Waals surface area contributed by atoms with Gasteiger partial charge in [-0.15, -0.1) is 0 Å². The average molecular weight is 294 g/mol. The SMILES string of the molecule is CCCNC(c1ccc(F)cc1)C(C)(CC)N(CC)CC. The largest absolute Gasteiger partial charge is 0.308 e. The van der Waals surface area contributed by atoms with Gasteiger partial charge in [0, 0.05) is 5.54 Å². The third-order valence-electron chi connectivity index (χ3n) is 4.63. The molecule has 0 radical (unpaired) electrons. The molecule has 2 nitrogen and oxygen atoms in total. The molecule has 0 spiro atoms. The van der Waals surface area contributed by atoms with Crippen molar-refractivity contribution in [2.45, 2.75) is 59.0 Å². The van der Waals surface area contributed by atoms with Crippen molar-refractivity contribution in [3.05, 3.63) is 35.6 Å². The van der Waals surface area contributed by atoms with Crippen LogP contribution in [0.1, 0.15) is 59.1 Å². The first kappa shape index (κ1) is 18.1. The predicted octanol–water partition coefficient (Wildman–Crippen LogP) is 4.38. The Kier molecular flexibility index (Phi) is 7.33. The third kappa shape index (κ3) is 4.27. The van der Waals surface area contributed by atoms with Crippen molar-refractivity contribution in [2.75, 3.05) is 19.6 Å². The minimum Gasteiger partial charge on any atom is -0.308 e. The lowest BCUT2D eigenvalue weighted by atomic mass is 9.82. The Balaban J connectivity index is 3.17. The summed E-state index contributed by atoms with van der Waals surface area (Å²) in [6, 6.07) is 7.17. The van der Waals surface area contributed by atoms with Crippen molar-refractivity contribution >= 4 is 0 Å². The van der Waals surface area contributed by atoms with Crippen LogP contribution in [0.5, 0.6) is 0 Å². The van der Waals surface area contributed by atoms with Crippen molar-refractivity contribution in [3.8, 4) is 0 Å². The molecule has 0 aliphatic rings. The van der Waals surface area contributed by atoms with Gasteiger partial charge in [-0.2, -0.15) is 0 Å². The average Bonchev–Trinajstić information content (AvgIpc) is 2.50. The highest BCUT2D eigenvalue weighted by molar-refractivity contribution is 5.24. The molecule has 1 aromatic rings. The third-order valence-corrected chi connectivity index (χ3v) is 4.63. The highest BCUT2D eigenvalue weighted by atomic mass is 19.1. The normalized spacial score (nSPS) is 16.0. The lowest BCUT2D eigenvalue weighted by Crippen LogP contribution is -2.54. The van der Waals surface area contributed by atoms with E-state index in [0.717, 1.165) is 32.5 Å². The van der Waals surface area contributed by atoms with Gasteiger partial charge in [0.1, 0.15) is 5.82 Å². The van der Waals surface area contributed by atoms with Gasteiger partial charge in [0.15, 0.2) is 0 Å². The second-order valence-corrected chi connectivity index (χ2v) is 5.82. The van der Waals surface area contributed by atoms with Crippen LogP contribution in [-0.4, -0.2) is 30.1 Å². The zero-order valence-electron chi connectivity index (χ0n) is 14.2. The van der Waals surface area contributed by atoms with Crippen molar-refractivity contribution in [1.29, 1.82) is 0 Å². The molecule has 0 aromatic heterocycles. The highest BCUT2D eigenvalue weighted by Gasteiger charge is 2.37. The minimum atomic E-state index is -0.172. The Morgan fingerprint density at radius 2 is 1.67 bits per heavy atom. The van der Waals surface area contributed by atoms with Crippen molar-refractivity contribution in [2.24, 2.45) is 0 Å². The topological polar surface area (TPSA) is 15.3 Å². The second kappa shape index (κ2) is 8.50. The van der Waals surface area contributed by atoms with Gasteiger partial charge >= 0.3 is 0 Å². The fourth-order valence-electron chi connectivity index (χ4n) is 3.20. The summed E-state index contributed by atoms with van der Waals surface area (Å²) < 4.78 is 13.2. The van der Waals surface area contributed by atoms with Crippen LogP contribution in [0.4, 0.5) is 4.39 Å². The maximum absolute atomic E-state index is 13.2. The van der Waals surface area contributed by atoms with Crippen LogP contribution >= 0.6 is 0 Å². The number of halogens is 1. The van der Waals surface area contributed by atoms with Crippen LogP contribution in [0.3, 0.4) is 0 Å². The standard InChI is InChI=1S/C18H31FN2/c1-6-14-20-17(15-10-12-16(19)13-11-15)18(5,7-2)21(8-3)9-4/h10-13,17,20H,6-9,14H2,1-5H3. The molecular weight excluding hydrogens is 263 g/mol. The molecule has 2 unspecified atom stereocenters. The molecule has 1 rings (SSSR count). The van der Waals surface area contributed by atoms with E-state index in [-0.39, 0.29) is 17.4 Å². The molecule has 0 saturated carbocycles. The van der Waals surface area contributed by atoms with E-state index in [1.165, 1.54) is 5.56 Å². The number of hydrogen-bond donors (Lipinski definition) is 1. The summed E-state index contributed by atoms with van der Waals surface area (Å²) in [6.07, 6.45) is 2.14. The molecular formula is C18H31FN2. The number of nitrogens with zero attached hydrogens (tertiary/aromatic N) is 1. The predicted molar refractivity (Wildman–Crippen MR) is 89.1 cm³/mol. The first-order valence-electron chi connectivity index (χ1n) is 8.27. The molecule has 0 saturated heterocycles. The van der Waals surface area contributed by atoms with Gasteiger partial charge in [-0.1, -0.05) is 39.8 Å². The summed E-state index contributed by atoms with van der Waals surface area (Å²) in [4.78, 5) is 2.50. The summed E-state index contributed by atoms with van der Waals surface area (Å²) >= 11 is 0. The number of nitrogens with one attached hydrogen (secondary N) is 1. The van der Waals surface area contributed by atoms with Crippen LogP contribution < -0.4 is 5.32 Å². The van der Waals surface area contributed by atoms with E-state index in [1.807, 2.05) is 12.1 Å². The van der Waals surface area contributed by atoms with Crippen molar-refractivity contribution in [3.63, 3.8) is 0 Å². The fraction of sp³-hybridized carbons (Fsp3) is 0.667. The summed E-state index contributed by atoms with van der Waals surface area (Å²) in [7, 11) is 0. The summed E-state index contributed by atoms with van der Waals surface area (Å²) in [5.74, 6) is -0.172. The minimum absolute atomic E-state index is 0.0243. The molecule has 0 bridgehead atoms. The van der Waals surface area contributed by atoms with Crippen LogP contribution in [0.2, 0.25) is 0 Å². The molecule has 0 heterocycles. The number of hydrogen-bond acceptors (Lipinski definition) is 2. The second-order valence-electron chi connectivity index (χ2n) is 5.82. The lowest BCUT2D eigenvalue weighted by molar-refractivity contribution is 0.0698. The van der Waals surface area contributed by atoms with E-state index >= 15 is 0 Å². The highest BCUT2D eigenvalue weighted by Crippen LogP contribution is 2.34. The van der Waals surface area contributed by atoms with E-state index in [0.29, 0.717) is 0 Å². The number of rotatable bonds is 9. The lowest BCUT2D eigenvalue weighted by Gasteiger charge is -2.46.